The molecular weight excluding hydrogens is 378 g/mol. The summed E-state index contributed by atoms with van der Waals surface area (Å²) in [4.78, 5) is 1.95. The van der Waals surface area contributed by atoms with Gasteiger partial charge in [-0.25, -0.2) is 0 Å². The van der Waals surface area contributed by atoms with Crippen LogP contribution in [0.5, 0.6) is 0 Å². The Labute approximate surface area is 179 Å². The van der Waals surface area contributed by atoms with E-state index in [9.17, 15) is 0 Å². The third-order valence-electron chi connectivity index (χ3n) is 4.38. The molecule has 0 fully saturated rings. The average molecular weight is 405 g/mol. The van der Waals surface area contributed by atoms with Crippen LogP contribution in [-0.4, -0.2) is 0 Å². The molecule has 28 heavy (non-hydrogen) atoms. The first-order valence-corrected chi connectivity index (χ1v) is 10.4. The fourth-order valence-electron chi connectivity index (χ4n) is 2.98. The molecule has 142 valence electrons. The monoisotopic (exact) mass is 404 g/mol. The molecule has 0 aliphatic carbocycles. The maximum atomic E-state index is 4.36. The maximum Gasteiger partial charge on any atom is 0.205 e. The summed E-state index contributed by atoms with van der Waals surface area (Å²) in [5.41, 5.74) is 4.72. The molecule has 0 saturated carbocycles. The minimum absolute atomic E-state index is 0.554. The number of benzene rings is 2. The van der Waals surface area contributed by atoms with Crippen molar-refractivity contribution in [1.29, 1.82) is 0 Å². The summed E-state index contributed by atoms with van der Waals surface area (Å²) in [5.74, 6) is 0.554. The fourth-order valence-corrected chi connectivity index (χ4v) is 3.27. The molecule has 0 aliphatic rings. The van der Waals surface area contributed by atoms with Gasteiger partial charge in [0.1, 0.15) is 0 Å². The number of hydrogen-bond donors (Lipinski definition) is 2. The third-order valence-corrected chi connectivity index (χ3v) is 4.98. The van der Waals surface area contributed by atoms with Crippen molar-refractivity contribution in [3.8, 4) is 0 Å². The van der Waals surface area contributed by atoms with Crippen LogP contribution in [0.2, 0.25) is 0 Å². The molecule has 1 heterocycles. The van der Waals surface area contributed by atoms with Crippen molar-refractivity contribution in [3.05, 3.63) is 89.2 Å². The Hall–Kier alpha value is -2.23. The molecule has 0 aliphatic heterocycles. The van der Waals surface area contributed by atoms with Crippen LogP contribution in [0, 0.1) is 5.92 Å². The molecule has 2 aromatic carbocycles. The first kappa shape index (κ1) is 20.5. The smallest absolute Gasteiger partial charge is 0.192 e. The number of hydrogen-bond acceptors (Lipinski definition) is 2. The van der Waals surface area contributed by atoms with Crippen LogP contribution >= 0.6 is 25.3 Å². The Morgan fingerprint density at radius 1 is 0.679 bits per heavy atom. The quantitative estimate of drug-likeness (QED) is 0.339. The van der Waals surface area contributed by atoms with Crippen LogP contribution in [0.15, 0.2) is 76.5 Å². The molecule has 3 rings (SSSR count). The lowest BCUT2D eigenvalue weighted by Gasteiger charge is -2.07. The molecule has 3 heteroatoms. The molecule has 0 unspecified atom stereocenters. The molecule has 0 radical (unpaired) electrons. The Morgan fingerprint density at radius 3 is 1.50 bits per heavy atom. The van der Waals surface area contributed by atoms with E-state index >= 15 is 0 Å². The lowest BCUT2D eigenvalue weighted by atomic mass is 10.1. The topological polar surface area (TPSA) is 3.88 Å². The van der Waals surface area contributed by atoms with E-state index in [0.717, 1.165) is 16.3 Å². The largest absolute Gasteiger partial charge is 0.205 e. The van der Waals surface area contributed by atoms with Crippen LogP contribution in [0.25, 0.3) is 24.3 Å². The highest BCUT2D eigenvalue weighted by atomic mass is 32.1. The number of pyridine rings is 1. The molecule has 1 aromatic heterocycles. The summed E-state index contributed by atoms with van der Waals surface area (Å²) < 4.78 is 2.37. The molecule has 0 N–H and O–H groups in total. The Balaban J connectivity index is 1.92. The van der Waals surface area contributed by atoms with Crippen molar-refractivity contribution in [1.82, 2.24) is 0 Å². The third kappa shape index (κ3) is 5.88. The zero-order valence-electron chi connectivity index (χ0n) is 16.3. The second kappa shape index (κ2) is 9.81. The minimum Gasteiger partial charge on any atom is -0.192 e. The first-order valence-electron chi connectivity index (χ1n) is 9.48. The van der Waals surface area contributed by atoms with E-state index in [2.05, 4.69) is 110 Å². The minimum atomic E-state index is 0.554. The zero-order valence-corrected chi connectivity index (χ0v) is 18.1. The van der Waals surface area contributed by atoms with Crippen LogP contribution in [0.1, 0.15) is 36.4 Å². The summed E-state index contributed by atoms with van der Waals surface area (Å²) in [7, 11) is 0. The number of nitrogens with zero attached hydrogens (tertiary/aromatic N) is 1. The molecule has 0 spiro atoms. The van der Waals surface area contributed by atoms with Crippen molar-refractivity contribution >= 4 is 49.6 Å². The van der Waals surface area contributed by atoms with E-state index in [-0.39, 0.29) is 0 Å². The van der Waals surface area contributed by atoms with E-state index in [1.165, 1.54) is 22.5 Å². The van der Waals surface area contributed by atoms with Gasteiger partial charge in [0.2, 0.25) is 11.4 Å². The van der Waals surface area contributed by atoms with Gasteiger partial charge in [-0.2, -0.15) is 4.57 Å². The SMILES string of the molecule is CC(C)C[n+]1c(/C=C/c2ccc(S)cc2)cccc1/C=C/c1ccc(S)cc1. The zero-order chi connectivity index (χ0) is 19.9. The summed E-state index contributed by atoms with van der Waals surface area (Å²) in [6, 6.07) is 22.8. The molecular formula is C25H26NS2+. The van der Waals surface area contributed by atoms with Crippen molar-refractivity contribution in [2.24, 2.45) is 5.92 Å². The van der Waals surface area contributed by atoms with Crippen molar-refractivity contribution in [2.75, 3.05) is 0 Å². The second-order valence-corrected chi connectivity index (χ2v) is 8.26. The van der Waals surface area contributed by atoms with E-state index < -0.39 is 0 Å². The molecule has 0 amide bonds. The van der Waals surface area contributed by atoms with Crippen molar-refractivity contribution < 1.29 is 4.57 Å². The predicted octanol–water partition coefficient (Wildman–Crippen LogP) is 6.55. The van der Waals surface area contributed by atoms with Gasteiger partial charge in [-0.3, -0.25) is 0 Å². The molecule has 1 nitrogen and oxygen atoms in total. The first-order chi connectivity index (χ1) is 13.5. The fraction of sp³-hybridized carbons (Fsp3) is 0.160. The molecule has 3 aromatic rings. The Kier molecular flexibility index (Phi) is 7.18. The Morgan fingerprint density at radius 2 is 1.11 bits per heavy atom. The lowest BCUT2D eigenvalue weighted by molar-refractivity contribution is -0.705. The normalized spacial score (nSPS) is 11.8. The van der Waals surface area contributed by atoms with Gasteiger partial charge in [-0.15, -0.1) is 25.3 Å². The van der Waals surface area contributed by atoms with E-state index in [0.29, 0.717) is 5.92 Å². The van der Waals surface area contributed by atoms with Crippen LogP contribution < -0.4 is 4.57 Å². The molecule has 0 atom stereocenters. The summed E-state index contributed by atoms with van der Waals surface area (Å²) in [6.45, 7) is 5.46. The molecule has 0 saturated heterocycles. The van der Waals surface area contributed by atoms with Gasteiger partial charge >= 0.3 is 0 Å². The lowest BCUT2D eigenvalue weighted by Crippen LogP contribution is -2.42. The second-order valence-electron chi connectivity index (χ2n) is 7.23. The van der Waals surface area contributed by atoms with Gasteiger partial charge < -0.3 is 0 Å². The van der Waals surface area contributed by atoms with Gasteiger partial charge in [0.05, 0.1) is 0 Å². The van der Waals surface area contributed by atoms with Crippen LogP contribution in [-0.2, 0) is 6.54 Å². The van der Waals surface area contributed by atoms with Gasteiger partial charge in [0, 0.05) is 40.0 Å². The highest BCUT2D eigenvalue weighted by Crippen LogP contribution is 2.13. The summed E-state index contributed by atoms with van der Waals surface area (Å²) in [6.07, 6.45) is 8.67. The highest BCUT2D eigenvalue weighted by Gasteiger charge is 2.14. The van der Waals surface area contributed by atoms with Gasteiger partial charge in [0.25, 0.3) is 0 Å². The van der Waals surface area contributed by atoms with Crippen LogP contribution in [0.4, 0.5) is 0 Å². The van der Waals surface area contributed by atoms with Gasteiger partial charge in [-0.1, -0.05) is 38.1 Å². The van der Waals surface area contributed by atoms with Crippen LogP contribution in [0.3, 0.4) is 0 Å². The summed E-state index contributed by atoms with van der Waals surface area (Å²) in [5, 5.41) is 0. The Bertz CT molecular complexity index is 895. The van der Waals surface area contributed by atoms with E-state index in [4.69, 9.17) is 0 Å². The average Bonchev–Trinajstić information content (AvgIpc) is 2.68. The number of aromatic nitrogens is 1. The number of thiol groups is 2. The highest BCUT2D eigenvalue weighted by molar-refractivity contribution is 7.80. The van der Waals surface area contributed by atoms with E-state index in [1.807, 2.05) is 24.3 Å². The molecule has 0 bridgehead atoms. The van der Waals surface area contributed by atoms with Gasteiger partial charge in [-0.05, 0) is 53.6 Å². The number of rotatable bonds is 6. The van der Waals surface area contributed by atoms with E-state index in [1.54, 1.807) is 0 Å². The maximum absolute atomic E-state index is 4.36. The predicted molar refractivity (Wildman–Crippen MR) is 127 cm³/mol. The summed E-state index contributed by atoms with van der Waals surface area (Å²) >= 11 is 8.71. The van der Waals surface area contributed by atoms with Gasteiger partial charge in [0.15, 0.2) is 6.54 Å². The van der Waals surface area contributed by atoms with Crippen molar-refractivity contribution in [2.45, 2.75) is 30.2 Å². The standard InChI is InChI=1S/C25H25NS2/c1-19(2)18-26-22(12-6-20-8-14-24(27)15-9-20)4-3-5-23(26)13-7-21-10-16-25(28)17-11-21/h3-17,19H,18H2,1-2H3,(H,27,28)/p+1. The van der Waals surface area contributed by atoms with Crippen molar-refractivity contribution in [3.63, 3.8) is 0 Å².